The molecule has 0 aliphatic carbocycles. The summed E-state index contributed by atoms with van der Waals surface area (Å²) >= 11 is 0. The molecule has 4 N–H and O–H groups in total. The van der Waals surface area contributed by atoms with Crippen LogP contribution in [-0.2, 0) is 19.1 Å². The minimum absolute atomic E-state index is 0.222. The molecule has 5 heterocycles. The SMILES string of the molecule is COC(=O)N[C@@H](C(=O)N1CCC[C@H]1c1ncc(-c2ccc(-c3ccc(-c4cnc([C@@H]5CCCN5C(=O)[C@H](NC(=O)OC)c5ccccc5)[nH]4)cc3C)nc2)[nH]1)c1ccccc1. The Balaban J connectivity index is 0.946. The molecule has 8 rings (SSSR count). The number of ether oxygens (including phenoxy) is 2. The van der Waals surface area contributed by atoms with Gasteiger partial charge in [0.05, 0.1) is 55.8 Å². The number of hydrogen-bond acceptors (Lipinski definition) is 9. The smallest absolute Gasteiger partial charge is 0.407 e. The van der Waals surface area contributed by atoms with Gasteiger partial charge >= 0.3 is 12.2 Å². The van der Waals surface area contributed by atoms with E-state index in [-0.39, 0.29) is 23.9 Å². The number of nitrogens with zero attached hydrogens (tertiary/aromatic N) is 5. The summed E-state index contributed by atoms with van der Waals surface area (Å²) in [5, 5.41) is 5.42. The van der Waals surface area contributed by atoms with Crippen LogP contribution in [0.5, 0.6) is 0 Å². The number of aromatic nitrogens is 5. The fourth-order valence-corrected chi connectivity index (χ4v) is 8.32. The van der Waals surface area contributed by atoms with Crippen molar-refractivity contribution in [1.29, 1.82) is 0 Å². The van der Waals surface area contributed by atoms with Crippen molar-refractivity contribution in [3.63, 3.8) is 0 Å². The number of aromatic amines is 2. The van der Waals surface area contributed by atoms with E-state index in [2.05, 4.69) is 31.7 Å². The van der Waals surface area contributed by atoms with Crippen LogP contribution >= 0.6 is 0 Å². The number of benzene rings is 3. The van der Waals surface area contributed by atoms with Crippen molar-refractivity contribution in [3.8, 4) is 33.8 Å². The number of methoxy groups -OCH3 is 2. The average molecular weight is 822 g/mol. The fourth-order valence-electron chi connectivity index (χ4n) is 8.32. The molecule has 61 heavy (non-hydrogen) atoms. The lowest BCUT2D eigenvalue weighted by atomic mass is 10.0. The highest BCUT2D eigenvalue weighted by Crippen LogP contribution is 2.36. The number of alkyl carbamates (subject to hydrolysis) is 2. The first-order valence-electron chi connectivity index (χ1n) is 20.3. The van der Waals surface area contributed by atoms with E-state index in [4.69, 9.17) is 19.4 Å². The molecule has 0 saturated carbocycles. The summed E-state index contributed by atoms with van der Waals surface area (Å²) in [6.45, 7) is 3.12. The van der Waals surface area contributed by atoms with Crippen LogP contribution in [0.25, 0.3) is 33.8 Å². The average Bonchev–Trinajstić information content (AvgIpc) is 4.15. The Labute approximate surface area is 352 Å². The van der Waals surface area contributed by atoms with Gasteiger partial charge in [-0.3, -0.25) is 14.6 Å². The second-order valence-corrected chi connectivity index (χ2v) is 15.2. The van der Waals surface area contributed by atoms with Gasteiger partial charge in [-0.05, 0) is 73.1 Å². The highest BCUT2D eigenvalue weighted by Gasteiger charge is 2.38. The normalized spacial score (nSPS) is 17.1. The summed E-state index contributed by atoms with van der Waals surface area (Å²) in [5.41, 5.74) is 7.55. The van der Waals surface area contributed by atoms with Gasteiger partial charge in [-0.15, -0.1) is 0 Å². The fraction of sp³-hybridized carbons (Fsp3) is 0.283. The topological polar surface area (TPSA) is 188 Å². The maximum Gasteiger partial charge on any atom is 0.407 e. The van der Waals surface area contributed by atoms with Gasteiger partial charge in [0.1, 0.15) is 23.7 Å². The van der Waals surface area contributed by atoms with Crippen LogP contribution in [0, 0.1) is 6.92 Å². The van der Waals surface area contributed by atoms with Gasteiger partial charge in [0.15, 0.2) is 0 Å². The number of nitrogens with one attached hydrogen (secondary N) is 4. The number of carbonyl (C=O) groups is 4. The molecule has 2 aliphatic heterocycles. The third kappa shape index (κ3) is 8.58. The molecule has 15 nitrogen and oxygen atoms in total. The third-order valence-corrected chi connectivity index (χ3v) is 11.4. The van der Waals surface area contributed by atoms with Crippen LogP contribution in [0.4, 0.5) is 9.59 Å². The number of amides is 4. The largest absolute Gasteiger partial charge is 0.453 e. The van der Waals surface area contributed by atoms with Gasteiger partial charge < -0.3 is 39.9 Å². The van der Waals surface area contributed by atoms with Crippen molar-refractivity contribution in [2.75, 3.05) is 27.3 Å². The molecule has 15 heteroatoms. The Morgan fingerprint density at radius 1 is 0.639 bits per heavy atom. The molecule has 2 aliphatic rings. The monoisotopic (exact) mass is 821 g/mol. The van der Waals surface area contributed by atoms with E-state index in [1.54, 1.807) is 22.2 Å². The van der Waals surface area contributed by atoms with Crippen LogP contribution in [0.1, 0.15) is 78.2 Å². The lowest BCUT2D eigenvalue weighted by Crippen LogP contribution is -2.42. The van der Waals surface area contributed by atoms with E-state index < -0.39 is 24.3 Å². The number of pyridine rings is 1. The standard InChI is InChI=1S/C46H47N9O6/c1-28-24-31(35-26-48-41(50-35)37-16-10-22-54(37)43(56)39(52-45(58)60-2)29-12-6-4-7-13-29)18-20-33(28)34-21-19-32(25-47-34)36-27-49-42(51-36)38-17-11-23-55(38)44(57)40(53-46(59)61-3)30-14-8-5-9-15-30/h4-9,12-15,18-21,24-27,37-40H,10-11,16-17,22-23H2,1-3H3,(H,48,50)(H,49,51)(H,52,58)(H,53,59)/t37-,38-,39+,40+/m0/s1. The van der Waals surface area contributed by atoms with Gasteiger partial charge in [-0.2, -0.15) is 0 Å². The molecular weight excluding hydrogens is 775 g/mol. The van der Waals surface area contributed by atoms with Crippen molar-refractivity contribution in [3.05, 3.63) is 138 Å². The lowest BCUT2D eigenvalue weighted by Gasteiger charge is -2.28. The van der Waals surface area contributed by atoms with Gasteiger partial charge in [0, 0.05) is 30.4 Å². The molecule has 0 bridgehead atoms. The highest BCUT2D eigenvalue weighted by atomic mass is 16.5. The molecule has 0 unspecified atom stereocenters. The predicted octanol–water partition coefficient (Wildman–Crippen LogP) is 7.36. The van der Waals surface area contributed by atoms with Crippen molar-refractivity contribution >= 4 is 24.0 Å². The molecule has 2 saturated heterocycles. The highest BCUT2D eigenvalue weighted by molar-refractivity contribution is 5.88. The number of H-pyrrole nitrogens is 2. The first-order valence-corrected chi connectivity index (χ1v) is 20.3. The van der Waals surface area contributed by atoms with Crippen molar-refractivity contribution in [1.82, 2.24) is 45.4 Å². The quantitative estimate of drug-likeness (QED) is 0.104. The second-order valence-electron chi connectivity index (χ2n) is 15.2. The Hall–Kier alpha value is -7.29. The molecule has 2 fully saturated rings. The van der Waals surface area contributed by atoms with Gasteiger partial charge in [0.2, 0.25) is 0 Å². The maximum atomic E-state index is 13.9. The van der Waals surface area contributed by atoms with Gasteiger partial charge in [0.25, 0.3) is 11.8 Å². The first kappa shape index (κ1) is 40.5. The minimum Gasteiger partial charge on any atom is -0.453 e. The van der Waals surface area contributed by atoms with E-state index in [1.807, 2.05) is 98.0 Å². The summed E-state index contributed by atoms with van der Waals surface area (Å²) < 4.78 is 9.66. The molecule has 4 atom stereocenters. The number of aryl methyl sites for hydroxylation is 1. The maximum absolute atomic E-state index is 13.9. The Morgan fingerprint density at radius 2 is 1.13 bits per heavy atom. The van der Waals surface area contributed by atoms with Crippen LogP contribution in [0.2, 0.25) is 0 Å². The van der Waals surface area contributed by atoms with E-state index >= 15 is 0 Å². The molecule has 6 aromatic rings. The Morgan fingerprint density at radius 3 is 1.59 bits per heavy atom. The molecule has 0 spiro atoms. The molecule has 312 valence electrons. The summed E-state index contributed by atoms with van der Waals surface area (Å²) in [7, 11) is 2.55. The minimum atomic E-state index is -0.895. The van der Waals surface area contributed by atoms with E-state index in [9.17, 15) is 19.2 Å². The zero-order valence-corrected chi connectivity index (χ0v) is 34.1. The molecule has 0 radical (unpaired) electrons. The van der Waals surface area contributed by atoms with Gasteiger partial charge in [-0.25, -0.2) is 19.6 Å². The number of likely N-dealkylation sites (tertiary alicyclic amines) is 2. The summed E-state index contributed by atoms with van der Waals surface area (Å²) in [6.07, 6.45) is 7.08. The number of imidazole rings is 2. The zero-order valence-electron chi connectivity index (χ0n) is 34.1. The number of rotatable bonds is 11. The van der Waals surface area contributed by atoms with Crippen LogP contribution in [0.15, 0.2) is 110 Å². The van der Waals surface area contributed by atoms with Crippen molar-refractivity contribution < 1.29 is 28.7 Å². The number of carbonyl (C=O) groups excluding carboxylic acids is 4. The predicted molar refractivity (Wildman–Crippen MR) is 226 cm³/mol. The van der Waals surface area contributed by atoms with E-state index in [0.717, 1.165) is 65.0 Å². The summed E-state index contributed by atoms with van der Waals surface area (Å²) in [5.74, 6) is 0.904. The van der Waals surface area contributed by atoms with Crippen LogP contribution in [0.3, 0.4) is 0 Å². The Kier molecular flexibility index (Phi) is 11.9. The lowest BCUT2D eigenvalue weighted by molar-refractivity contribution is -0.135. The summed E-state index contributed by atoms with van der Waals surface area (Å²) in [4.78, 5) is 77.0. The molecule has 4 amide bonds. The Bertz CT molecular complexity index is 2510. The van der Waals surface area contributed by atoms with Crippen molar-refractivity contribution in [2.24, 2.45) is 0 Å². The van der Waals surface area contributed by atoms with E-state index in [0.29, 0.717) is 35.9 Å². The second kappa shape index (κ2) is 17.9. The third-order valence-electron chi connectivity index (χ3n) is 11.4. The molecule has 3 aromatic carbocycles. The molecule has 3 aromatic heterocycles. The van der Waals surface area contributed by atoms with E-state index in [1.165, 1.54) is 14.2 Å². The number of hydrogen-bond donors (Lipinski definition) is 4. The van der Waals surface area contributed by atoms with Crippen LogP contribution in [-0.4, -0.2) is 86.0 Å². The van der Waals surface area contributed by atoms with Crippen LogP contribution < -0.4 is 10.6 Å². The first-order chi connectivity index (χ1) is 29.7. The summed E-state index contributed by atoms with van der Waals surface area (Å²) in [6, 6.07) is 26.1. The zero-order chi connectivity index (χ0) is 42.5. The van der Waals surface area contributed by atoms with Gasteiger partial charge in [-0.1, -0.05) is 72.8 Å². The molecular formula is C46H47N9O6. The van der Waals surface area contributed by atoms with Crippen molar-refractivity contribution in [2.45, 2.75) is 56.8 Å².